The Kier molecular flexibility index (Phi) is 4.24. The van der Waals surface area contributed by atoms with Crippen LogP contribution in [0.15, 0.2) is 0 Å². The highest BCUT2D eigenvalue weighted by atomic mass is 35.5. The molecule has 0 aliphatic heterocycles. The third-order valence-corrected chi connectivity index (χ3v) is 2.84. The first-order valence-corrected chi connectivity index (χ1v) is 5.22. The molecule has 0 radical (unpaired) electrons. The van der Waals surface area contributed by atoms with E-state index in [0.29, 0.717) is 0 Å². The van der Waals surface area contributed by atoms with Crippen LogP contribution in [0, 0.1) is 0 Å². The van der Waals surface area contributed by atoms with Crippen LogP contribution in [0.4, 0.5) is 0 Å². The van der Waals surface area contributed by atoms with Crippen LogP contribution in [0.5, 0.6) is 0 Å². The Balaban J connectivity index is 2.13. The first-order chi connectivity index (χ1) is 5.38. The molecule has 2 heteroatoms. The molecule has 1 rings (SSSR count). The van der Waals surface area contributed by atoms with Crippen molar-refractivity contribution in [2.75, 3.05) is 19.0 Å². The summed E-state index contributed by atoms with van der Waals surface area (Å²) in [6, 6.07) is 0.892. The Labute approximate surface area is 74.7 Å². The quantitative estimate of drug-likeness (QED) is 0.581. The zero-order chi connectivity index (χ0) is 8.10. The summed E-state index contributed by atoms with van der Waals surface area (Å²) in [7, 11) is 0. The van der Waals surface area contributed by atoms with E-state index < -0.39 is 0 Å². The highest BCUT2D eigenvalue weighted by Gasteiger charge is 2.22. The fourth-order valence-electron chi connectivity index (χ4n) is 1.61. The van der Waals surface area contributed by atoms with Gasteiger partial charge in [-0.3, -0.25) is 0 Å². The van der Waals surface area contributed by atoms with Crippen LogP contribution in [0.2, 0.25) is 0 Å². The molecular formula is C9H18ClN. The number of halogens is 1. The van der Waals surface area contributed by atoms with Gasteiger partial charge in [0.15, 0.2) is 0 Å². The lowest BCUT2D eigenvalue weighted by atomic mass is 9.91. The molecule has 1 saturated carbocycles. The van der Waals surface area contributed by atoms with Gasteiger partial charge in [0.1, 0.15) is 0 Å². The summed E-state index contributed by atoms with van der Waals surface area (Å²) in [4.78, 5) is 2.56. The first-order valence-electron chi connectivity index (χ1n) is 4.68. The van der Waals surface area contributed by atoms with Crippen LogP contribution in [0.25, 0.3) is 0 Å². The van der Waals surface area contributed by atoms with Crippen LogP contribution in [0.3, 0.4) is 0 Å². The molecule has 0 aromatic rings. The number of nitrogens with zero attached hydrogens (tertiary/aromatic N) is 1. The summed E-state index contributed by atoms with van der Waals surface area (Å²) in [6.45, 7) is 4.64. The minimum atomic E-state index is 0.809. The number of hydrogen-bond donors (Lipinski definition) is 0. The fraction of sp³-hybridized carbons (Fsp3) is 1.00. The summed E-state index contributed by atoms with van der Waals surface area (Å²) in [5.74, 6) is 0.809. The van der Waals surface area contributed by atoms with E-state index in [0.717, 1.165) is 18.3 Å². The Morgan fingerprint density at radius 2 is 2.18 bits per heavy atom. The topological polar surface area (TPSA) is 3.24 Å². The highest BCUT2D eigenvalue weighted by Crippen LogP contribution is 2.24. The second-order valence-electron chi connectivity index (χ2n) is 3.26. The maximum atomic E-state index is 5.64. The molecule has 0 bridgehead atoms. The van der Waals surface area contributed by atoms with Crippen LogP contribution in [0.1, 0.15) is 32.6 Å². The minimum absolute atomic E-state index is 0.809. The normalized spacial score (nSPS) is 18.8. The average Bonchev–Trinajstić information content (AvgIpc) is 1.93. The standard InChI is InChI=1S/C9H18ClN/c1-2-11(8-4-7-10)9-5-3-6-9/h9H,2-8H2,1H3. The van der Waals surface area contributed by atoms with Crippen LogP contribution >= 0.6 is 11.6 Å². The molecule has 0 N–H and O–H groups in total. The zero-order valence-electron chi connectivity index (χ0n) is 7.35. The second-order valence-corrected chi connectivity index (χ2v) is 3.63. The molecule has 0 saturated heterocycles. The lowest BCUT2D eigenvalue weighted by Gasteiger charge is -2.36. The average molecular weight is 176 g/mol. The molecule has 1 fully saturated rings. The third-order valence-electron chi connectivity index (χ3n) is 2.58. The van der Waals surface area contributed by atoms with Gasteiger partial charge in [0.2, 0.25) is 0 Å². The van der Waals surface area contributed by atoms with E-state index in [1.165, 1.54) is 32.4 Å². The molecule has 0 atom stereocenters. The van der Waals surface area contributed by atoms with E-state index in [4.69, 9.17) is 11.6 Å². The second kappa shape index (κ2) is 5.00. The SMILES string of the molecule is CCN(CCCCl)C1CCC1. The lowest BCUT2D eigenvalue weighted by Crippen LogP contribution is -2.40. The molecule has 1 nitrogen and oxygen atoms in total. The summed E-state index contributed by atoms with van der Waals surface area (Å²) in [5.41, 5.74) is 0. The van der Waals surface area contributed by atoms with Crippen LogP contribution in [-0.2, 0) is 0 Å². The van der Waals surface area contributed by atoms with Crippen molar-refractivity contribution in [3.8, 4) is 0 Å². The van der Waals surface area contributed by atoms with E-state index in [1.54, 1.807) is 0 Å². The zero-order valence-corrected chi connectivity index (χ0v) is 8.11. The van der Waals surface area contributed by atoms with Gasteiger partial charge in [-0.1, -0.05) is 13.3 Å². The molecule has 1 aliphatic rings. The van der Waals surface area contributed by atoms with Crippen molar-refractivity contribution in [1.29, 1.82) is 0 Å². The Hall–Kier alpha value is 0.250. The van der Waals surface area contributed by atoms with Crippen molar-refractivity contribution in [3.05, 3.63) is 0 Å². The van der Waals surface area contributed by atoms with E-state index in [1.807, 2.05) is 0 Å². The van der Waals surface area contributed by atoms with Gasteiger partial charge in [-0.2, -0.15) is 0 Å². The largest absolute Gasteiger partial charge is 0.301 e. The lowest BCUT2D eigenvalue weighted by molar-refractivity contribution is 0.134. The molecular weight excluding hydrogens is 158 g/mol. The highest BCUT2D eigenvalue weighted by molar-refractivity contribution is 6.17. The van der Waals surface area contributed by atoms with Crippen LogP contribution < -0.4 is 0 Å². The Morgan fingerprint density at radius 3 is 2.55 bits per heavy atom. The summed E-state index contributed by atoms with van der Waals surface area (Å²) >= 11 is 5.64. The van der Waals surface area contributed by atoms with Gasteiger partial charge >= 0.3 is 0 Å². The third kappa shape index (κ3) is 2.64. The van der Waals surface area contributed by atoms with Gasteiger partial charge in [0, 0.05) is 11.9 Å². The minimum Gasteiger partial charge on any atom is -0.301 e. The molecule has 0 aromatic carbocycles. The van der Waals surface area contributed by atoms with Gasteiger partial charge in [-0.15, -0.1) is 11.6 Å². The van der Waals surface area contributed by atoms with Crippen LogP contribution in [-0.4, -0.2) is 29.9 Å². The van der Waals surface area contributed by atoms with Crippen molar-refractivity contribution >= 4 is 11.6 Å². The van der Waals surface area contributed by atoms with Crippen molar-refractivity contribution in [1.82, 2.24) is 4.90 Å². The number of rotatable bonds is 5. The van der Waals surface area contributed by atoms with Crippen molar-refractivity contribution < 1.29 is 0 Å². The maximum absolute atomic E-state index is 5.64. The molecule has 0 heterocycles. The molecule has 0 amide bonds. The van der Waals surface area contributed by atoms with Gasteiger partial charge < -0.3 is 4.90 Å². The van der Waals surface area contributed by atoms with Gasteiger partial charge in [0.25, 0.3) is 0 Å². The van der Waals surface area contributed by atoms with Crippen molar-refractivity contribution in [3.63, 3.8) is 0 Å². The molecule has 0 aromatic heterocycles. The Morgan fingerprint density at radius 1 is 1.45 bits per heavy atom. The van der Waals surface area contributed by atoms with Crippen molar-refractivity contribution in [2.24, 2.45) is 0 Å². The van der Waals surface area contributed by atoms with Gasteiger partial charge in [-0.05, 0) is 32.4 Å². The van der Waals surface area contributed by atoms with E-state index in [2.05, 4.69) is 11.8 Å². The summed E-state index contributed by atoms with van der Waals surface area (Å²) < 4.78 is 0. The Bertz CT molecular complexity index is 102. The predicted molar refractivity (Wildman–Crippen MR) is 50.2 cm³/mol. The van der Waals surface area contributed by atoms with E-state index >= 15 is 0 Å². The smallest absolute Gasteiger partial charge is 0.0235 e. The van der Waals surface area contributed by atoms with E-state index in [-0.39, 0.29) is 0 Å². The fourth-order valence-corrected chi connectivity index (χ4v) is 1.73. The molecule has 11 heavy (non-hydrogen) atoms. The van der Waals surface area contributed by atoms with E-state index in [9.17, 15) is 0 Å². The predicted octanol–water partition coefficient (Wildman–Crippen LogP) is 2.49. The number of alkyl halides is 1. The summed E-state index contributed by atoms with van der Waals surface area (Å²) in [6.07, 6.45) is 5.40. The molecule has 1 aliphatic carbocycles. The molecule has 0 spiro atoms. The monoisotopic (exact) mass is 175 g/mol. The summed E-state index contributed by atoms with van der Waals surface area (Å²) in [5, 5.41) is 0. The van der Waals surface area contributed by atoms with Gasteiger partial charge in [0.05, 0.1) is 0 Å². The molecule has 66 valence electrons. The first kappa shape index (κ1) is 9.34. The van der Waals surface area contributed by atoms with Gasteiger partial charge in [-0.25, -0.2) is 0 Å². The molecule has 0 unspecified atom stereocenters. The number of hydrogen-bond acceptors (Lipinski definition) is 1. The maximum Gasteiger partial charge on any atom is 0.0235 e. The van der Waals surface area contributed by atoms with Crippen molar-refractivity contribution in [2.45, 2.75) is 38.6 Å².